The Morgan fingerprint density at radius 3 is 2.85 bits per heavy atom. The molecule has 0 bridgehead atoms. The Morgan fingerprint density at radius 1 is 1.62 bits per heavy atom. The highest BCUT2D eigenvalue weighted by atomic mass is 127. The molecular formula is C9H13IN2O. The minimum Gasteiger partial charge on any atom is -0.390 e. The quantitative estimate of drug-likeness (QED) is 0.863. The zero-order valence-corrected chi connectivity index (χ0v) is 9.57. The molecular weight excluding hydrogens is 279 g/mol. The van der Waals surface area contributed by atoms with Gasteiger partial charge in [-0.2, -0.15) is 5.10 Å². The summed E-state index contributed by atoms with van der Waals surface area (Å²) >= 11 is 2.24. The van der Waals surface area contributed by atoms with Gasteiger partial charge in [-0.1, -0.05) is 0 Å². The first-order valence-corrected chi connectivity index (χ1v) is 5.66. The molecule has 1 fully saturated rings. The van der Waals surface area contributed by atoms with Gasteiger partial charge in [0.25, 0.3) is 0 Å². The minimum atomic E-state index is -0.378. The summed E-state index contributed by atoms with van der Waals surface area (Å²) in [6.07, 6.45) is 7.78. The van der Waals surface area contributed by atoms with Gasteiger partial charge in [-0.05, 0) is 48.3 Å². The van der Waals surface area contributed by atoms with Gasteiger partial charge in [0.1, 0.15) is 0 Å². The molecule has 1 aromatic heterocycles. The van der Waals surface area contributed by atoms with Gasteiger partial charge in [0.05, 0.1) is 15.4 Å². The molecule has 0 unspecified atom stereocenters. The smallest absolute Gasteiger partial charge is 0.0665 e. The van der Waals surface area contributed by atoms with Gasteiger partial charge in [-0.3, -0.25) is 4.68 Å². The third-order valence-corrected chi connectivity index (χ3v) is 3.25. The van der Waals surface area contributed by atoms with Crippen LogP contribution in [0.4, 0.5) is 0 Å². The van der Waals surface area contributed by atoms with Crippen molar-refractivity contribution in [2.45, 2.75) is 37.8 Å². The van der Waals surface area contributed by atoms with Gasteiger partial charge in [-0.25, -0.2) is 0 Å². The Balaban J connectivity index is 1.85. The SMILES string of the molecule is OC1(CCn2cc(I)cn2)CCC1. The van der Waals surface area contributed by atoms with E-state index in [1.54, 1.807) is 0 Å². The minimum absolute atomic E-state index is 0.378. The van der Waals surface area contributed by atoms with Crippen LogP contribution in [0, 0.1) is 3.57 Å². The van der Waals surface area contributed by atoms with Crippen LogP contribution in [0.2, 0.25) is 0 Å². The number of halogens is 1. The third kappa shape index (κ3) is 2.22. The van der Waals surface area contributed by atoms with Gasteiger partial charge >= 0.3 is 0 Å². The lowest BCUT2D eigenvalue weighted by atomic mass is 9.78. The molecule has 0 saturated heterocycles. The van der Waals surface area contributed by atoms with E-state index in [2.05, 4.69) is 27.7 Å². The zero-order valence-electron chi connectivity index (χ0n) is 7.41. The highest BCUT2D eigenvalue weighted by molar-refractivity contribution is 14.1. The largest absolute Gasteiger partial charge is 0.390 e. The van der Waals surface area contributed by atoms with Crippen molar-refractivity contribution in [2.75, 3.05) is 0 Å². The summed E-state index contributed by atoms with van der Waals surface area (Å²) < 4.78 is 3.05. The monoisotopic (exact) mass is 292 g/mol. The number of hydrogen-bond acceptors (Lipinski definition) is 2. The van der Waals surface area contributed by atoms with Crippen LogP contribution in [-0.4, -0.2) is 20.5 Å². The first kappa shape index (κ1) is 9.45. The van der Waals surface area contributed by atoms with Gasteiger partial charge in [0, 0.05) is 12.7 Å². The Labute approximate surface area is 91.3 Å². The van der Waals surface area contributed by atoms with Crippen LogP contribution in [0.1, 0.15) is 25.7 Å². The lowest BCUT2D eigenvalue weighted by Crippen LogP contribution is -2.37. The fourth-order valence-corrected chi connectivity index (χ4v) is 2.06. The molecule has 2 rings (SSSR count). The van der Waals surface area contributed by atoms with Crippen molar-refractivity contribution < 1.29 is 5.11 Å². The van der Waals surface area contributed by atoms with E-state index in [0.29, 0.717) is 0 Å². The first-order chi connectivity index (χ1) is 6.18. The molecule has 0 radical (unpaired) electrons. The normalized spacial score (nSPS) is 19.8. The highest BCUT2D eigenvalue weighted by Gasteiger charge is 2.33. The average Bonchev–Trinajstić information content (AvgIpc) is 2.44. The lowest BCUT2D eigenvalue weighted by molar-refractivity contribution is -0.0438. The Morgan fingerprint density at radius 2 is 2.38 bits per heavy atom. The molecule has 0 aromatic carbocycles. The van der Waals surface area contributed by atoms with Crippen molar-refractivity contribution in [3.63, 3.8) is 0 Å². The van der Waals surface area contributed by atoms with Crippen LogP contribution in [0.3, 0.4) is 0 Å². The van der Waals surface area contributed by atoms with Crippen molar-refractivity contribution in [1.29, 1.82) is 0 Å². The number of aliphatic hydroxyl groups is 1. The van der Waals surface area contributed by atoms with E-state index in [1.807, 2.05) is 17.1 Å². The summed E-state index contributed by atoms with van der Waals surface area (Å²) in [6, 6.07) is 0. The third-order valence-electron chi connectivity index (χ3n) is 2.69. The van der Waals surface area contributed by atoms with Crippen molar-refractivity contribution in [3.8, 4) is 0 Å². The molecule has 1 saturated carbocycles. The summed E-state index contributed by atoms with van der Waals surface area (Å²) in [4.78, 5) is 0. The highest BCUT2D eigenvalue weighted by Crippen LogP contribution is 2.34. The topological polar surface area (TPSA) is 38.0 Å². The zero-order chi connectivity index (χ0) is 9.31. The van der Waals surface area contributed by atoms with E-state index in [-0.39, 0.29) is 5.60 Å². The Hall–Kier alpha value is -0.100. The van der Waals surface area contributed by atoms with Crippen LogP contribution < -0.4 is 0 Å². The number of hydrogen-bond donors (Lipinski definition) is 1. The second kappa shape index (κ2) is 3.57. The molecule has 0 aliphatic heterocycles. The van der Waals surface area contributed by atoms with Gasteiger partial charge in [0.15, 0.2) is 0 Å². The fourth-order valence-electron chi connectivity index (χ4n) is 1.62. The number of aryl methyl sites for hydroxylation is 1. The standard InChI is InChI=1S/C9H13IN2O/c10-8-6-11-12(7-8)5-4-9(13)2-1-3-9/h6-7,13H,1-5H2. The molecule has 0 spiro atoms. The van der Waals surface area contributed by atoms with Crippen molar-refractivity contribution in [3.05, 3.63) is 16.0 Å². The summed E-state index contributed by atoms with van der Waals surface area (Å²) in [7, 11) is 0. The maximum absolute atomic E-state index is 9.84. The Kier molecular flexibility index (Phi) is 2.60. The summed E-state index contributed by atoms with van der Waals surface area (Å²) in [6.45, 7) is 0.833. The van der Waals surface area contributed by atoms with E-state index < -0.39 is 0 Å². The van der Waals surface area contributed by atoms with E-state index in [4.69, 9.17) is 0 Å². The average molecular weight is 292 g/mol. The first-order valence-electron chi connectivity index (χ1n) is 4.58. The molecule has 0 atom stereocenters. The van der Waals surface area contributed by atoms with Crippen molar-refractivity contribution >= 4 is 22.6 Å². The van der Waals surface area contributed by atoms with Crippen molar-refractivity contribution in [2.24, 2.45) is 0 Å². The molecule has 1 aliphatic rings. The Bertz CT molecular complexity index is 294. The molecule has 4 heteroatoms. The summed E-state index contributed by atoms with van der Waals surface area (Å²) in [5.74, 6) is 0. The van der Waals surface area contributed by atoms with Crippen LogP contribution in [0.15, 0.2) is 12.4 Å². The second-order valence-electron chi connectivity index (χ2n) is 3.75. The summed E-state index contributed by atoms with van der Waals surface area (Å²) in [5.41, 5.74) is -0.378. The van der Waals surface area contributed by atoms with Crippen LogP contribution in [0.5, 0.6) is 0 Å². The van der Waals surface area contributed by atoms with E-state index in [9.17, 15) is 5.11 Å². The predicted molar refractivity (Wildman–Crippen MR) is 58.4 cm³/mol. The fraction of sp³-hybridized carbons (Fsp3) is 0.667. The summed E-state index contributed by atoms with van der Waals surface area (Å²) in [5, 5.41) is 14.0. The second-order valence-corrected chi connectivity index (χ2v) is 5.00. The van der Waals surface area contributed by atoms with Crippen LogP contribution in [0.25, 0.3) is 0 Å². The number of nitrogens with zero attached hydrogens (tertiary/aromatic N) is 2. The molecule has 3 nitrogen and oxygen atoms in total. The molecule has 1 N–H and O–H groups in total. The predicted octanol–water partition coefficient (Wildman–Crippen LogP) is 1.79. The van der Waals surface area contributed by atoms with Gasteiger partial charge in [0.2, 0.25) is 0 Å². The molecule has 13 heavy (non-hydrogen) atoms. The van der Waals surface area contributed by atoms with E-state index >= 15 is 0 Å². The van der Waals surface area contributed by atoms with E-state index in [0.717, 1.165) is 29.4 Å². The molecule has 1 heterocycles. The maximum Gasteiger partial charge on any atom is 0.0665 e. The molecule has 1 aromatic rings. The van der Waals surface area contributed by atoms with Crippen molar-refractivity contribution in [1.82, 2.24) is 9.78 Å². The van der Waals surface area contributed by atoms with Gasteiger partial charge < -0.3 is 5.11 Å². The van der Waals surface area contributed by atoms with Crippen LogP contribution >= 0.6 is 22.6 Å². The molecule has 72 valence electrons. The van der Waals surface area contributed by atoms with Crippen LogP contribution in [-0.2, 0) is 6.54 Å². The number of rotatable bonds is 3. The lowest BCUT2D eigenvalue weighted by Gasteiger charge is -2.36. The molecule has 1 aliphatic carbocycles. The molecule has 0 amide bonds. The van der Waals surface area contributed by atoms with Gasteiger partial charge in [-0.15, -0.1) is 0 Å². The number of aromatic nitrogens is 2. The van der Waals surface area contributed by atoms with E-state index in [1.165, 1.54) is 6.42 Å². The maximum atomic E-state index is 9.84.